The Hall–Kier alpha value is -4.53. The van der Waals surface area contributed by atoms with Crippen LogP contribution in [0.5, 0.6) is 5.75 Å². The molecule has 60 heavy (non-hydrogen) atoms. The first-order valence-corrected chi connectivity index (χ1v) is 21.2. The lowest BCUT2D eigenvalue weighted by atomic mass is 9.47. The average Bonchev–Trinajstić information content (AvgIpc) is 3.55. The molecule has 4 unspecified atom stereocenters. The van der Waals surface area contributed by atoms with E-state index in [0.29, 0.717) is 68.0 Å². The first-order valence-electron chi connectivity index (χ1n) is 21.2. The minimum atomic E-state index is -2.87. The molecule has 5 aliphatic heterocycles. The van der Waals surface area contributed by atoms with Crippen LogP contribution < -0.4 is 9.64 Å². The number of rotatable bonds is 7. The van der Waals surface area contributed by atoms with Crippen LogP contribution >= 0.6 is 0 Å². The zero-order chi connectivity index (χ0) is 42.5. The lowest BCUT2D eigenvalue weighted by Gasteiger charge is -2.63. The molecule has 320 valence electrons. The lowest BCUT2D eigenvalue weighted by Crippen LogP contribution is -2.81. The number of hydrogen-bond donors (Lipinski definition) is 2. The summed E-state index contributed by atoms with van der Waals surface area (Å²) in [6.07, 6.45) is 5.00. The minimum Gasteiger partial charge on any atom is -0.496 e. The number of nitrogens with one attached hydrogen (secondary N) is 1. The first kappa shape index (κ1) is 39.6. The Bertz CT molecular complexity index is 2380. The molecular weight excluding hydrogens is 775 g/mol. The first-order chi connectivity index (χ1) is 28.5. The van der Waals surface area contributed by atoms with Gasteiger partial charge in [0, 0.05) is 95.8 Å². The standard InChI is InChI=1S/C46H54F2N4O8/c1-8-42-14-11-16-51-17-15-44(36(42)51)30-19-31(34(57-5)20-33(30)50(4)37(44)46(56,40(55)59-7)38(42)60-25(2)53)45(39(54)58-6)24-43-21-26(43)18-27(41(3,47)48)22-52(43)23-29-28-12-9-10-13-32(28)49-35(29)45/h9-14,19-20,26-27,36-38,49,56H,8,15-18,21-24H2,1-7H3/t26?,27?,36-,37+,38+,42+,43?,44+,45-,46?/m0/s1. The number of carbonyl (C=O) groups is 3. The Kier molecular flexibility index (Phi) is 8.42. The van der Waals surface area contributed by atoms with Crippen LogP contribution in [0.15, 0.2) is 48.6 Å². The second kappa shape index (κ2) is 12.8. The summed E-state index contributed by atoms with van der Waals surface area (Å²) < 4.78 is 54.2. The number of fused-ring (bicyclic) bond motifs is 4. The van der Waals surface area contributed by atoms with Gasteiger partial charge in [-0.2, -0.15) is 0 Å². The number of H-pyrrole nitrogens is 1. The second-order valence-corrected chi connectivity index (χ2v) is 18.8. The number of carbonyl (C=O) groups excluding carboxylic acids is 3. The summed E-state index contributed by atoms with van der Waals surface area (Å²) in [6.45, 7) is 6.09. The molecule has 14 heteroatoms. The van der Waals surface area contributed by atoms with E-state index in [2.05, 4.69) is 20.9 Å². The number of halogens is 2. The number of piperidine rings is 1. The summed E-state index contributed by atoms with van der Waals surface area (Å²) in [6, 6.07) is 10.5. The molecule has 1 aromatic heterocycles. The van der Waals surface area contributed by atoms with Crippen molar-refractivity contribution >= 4 is 34.5 Å². The van der Waals surface area contributed by atoms with Gasteiger partial charge in [-0.25, -0.2) is 13.6 Å². The zero-order valence-electron chi connectivity index (χ0n) is 35.3. The SMILES string of the molecule is CC[C@]12C=CCN3CC[C@@]4(c5cc([C@@]6(C(=O)OC)CC78CC7CC(C(C)(F)F)CN8Cc7c6[nH]c6ccccc76)c(OC)cc5N(C)[C@H]4C(O)(C(=O)OC)[C@@H]1OC(C)=O)[C@@H]32. The van der Waals surface area contributed by atoms with Crippen LogP contribution in [0.1, 0.15) is 75.3 Å². The van der Waals surface area contributed by atoms with Crippen LogP contribution in [0.3, 0.4) is 0 Å². The fourth-order valence-corrected chi connectivity index (χ4v) is 14.1. The molecule has 4 fully saturated rings. The van der Waals surface area contributed by atoms with Crippen molar-refractivity contribution in [1.29, 1.82) is 0 Å². The van der Waals surface area contributed by atoms with Crippen molar-refractivity contribution in [2.45, 2.75) is 106 Å². The Morgan fingerprint density at radius 3 is 2.48 bits per heavy atom. The van der Waals surface area contributed by atoms with Gasteiger partial charge >= 0.3 is 17.9 Å². The summed E-state index contributed by atoms with van der Waals surface area (Å²) in [7, 11) is 6.02. The van der Waals surface area contributed by atoms with Crippen molar-refractivity contribution in [2.75, 3.05) is 52.9 Å². The molecule has 12 nitrogen and oxygen atoms in total. The topological polar surface area (TPSA) is 134 Å². The third kappa shape index (κ3) is 4.67. The van der Waals surface area contributed by atoms with Gasteiger partial charge < -0.3 is 33.9 Å². The molecule has 10 rings (SSSR count). The number of ether oxygens (including phenoxy) is 4. The molecule has 2 saturated heterocycles. The summed E-state index contributed by atoms with van der Waals surface area (Å²) in [5, 5.41) is 14.2. The van der Waals surface area contributed by atoms with Gasteiger partial charge in [0.15, 0.2) is 6.10 Å². The van der Waals surface area contributed by atoms with Gasteiger partial charge in [0.2, 0.25) is 11.5 Å². The van der Waals surface area contributed by atoms with Crippen molar-refractivity contribution < 1.29 is 47.2 Å². The number of nitrogens with zero attached hydrogens (tertiary/aromatic N) is 3. The van der Waals surface area contributed by atoms with Gasteiger partial charge in [-0.1, -0.05) is 37.3 Å². The van der Waals surface area contributed by atoms with E-state index in [1.807, 2.05) is 61.4 Å². The number of anilines is 1. The number of esters is 3. The molecule has 2 aliphatic carbocycles. The third-order valence-corrected chi connectivity index (χ3v) is 16.4. The molecule has 7 aliphatic rings. The van der Waals surface area contributed by atoms with E-state index in [-0.39, 0.29) is 24.9 Å². The molecule has 6 heterocycles. The monoisotopic (exact) mass is 828 g/mol. The zero-order valence-corrected chi connectivity index (χ0v) is 35.3. The van der Waals surface area contributed by atoms with Gasteiger partial charge in [0.25, 0.3) is 0 Å². The minimum absolute atomic E-state index is 0.0647. The Balaban J connectivity index is 1.26. The van der Waals surface area contributed by atoms with Crippen LogP contribution in [0.2, 0.25) is 0 Å². The quantitative estimate of drug-likeness (QED) is 0.185. The van der Waals surface area contributed by atoms with E-state index in [1.54, 1.807) is 7.11 Å². The smallest absolute Gasteiger partial charge is 0.344 e. The molecule has 2 aromatic carbocycles. The Morgan fingerprint density at radius 1 is 1.05 bits per heavy atom. The van der Waals surface area contributed by atoms with Crippen LogP contribution in [-0.2, 0) is 46.0 Å². The van der Waals surface area contributed by atoms with Crippen molar-refractivity contribution in [1.82, 2.24) is 14.8 Å². The number of para-hydroxylation sites is 1. The number of methoxy groups -OCH3 is 3. The van der Waals surface area contributed by atoms with E-state index in [4.69, 9.17) is 18.9 Å². The normalized spacial score (nSPS) is 37.5. The Morgan fingerprint density at radius 2 is 1.80 bits per heavy atom. The molecule has 3 aromatic rings. The maximum absolute atomic E-state index is 15.3. The molecule has 10 atom stereocenters. The summed E-state index contributed by atoms with van der Waals surface area (Å²) >= 11 is 0. The fraction of sp³-hybridized carbons (Fsp3) is 0.587. The van der Waals surface area contributed by atoms with Crippen molar-refractivity contribution in [3.8, 4) is 5.75 Å². The molecule has 0 amide bonds. The van der Waals surface area contributed by atoms with E-state index in [0.717, 1.165) is 29.0 Å². The number of aromatic nitrogens is 1. The molecule has 0 radical (unpaired) electrons. The third-order valence-electron chi connectivity index (χ3n) is 16.4. The summed E-state index contributed by atoms with van der Waals surface area (Å²) in [5.41, 5.74) is -1.97. The lowest BCUT2D eigenvalue weighted by molar-refractivity contribution is -0.228. The summed E-state index contributed by atoms with van der Waals surface area (Å²) in [5.74, 6) is -5.39. The van der Waals surface area contributed by atoms with Gasteiger partial charge in [0.05, 0.1) is 27.4 Å². The van der Waals surface area contributed by atoms with Crippen LogP contribution in [0, 0.1) is 17.3 Å². The molecule has 2 N–H and O–H groups in total. The van der Waals surface area contributed by atoms with E-state index in [1.165, 1.54) is 21.1 Å². The van der Waals surface area contributed by atoms with E-state index >= 15 is 13.6 Å². The fourth-order valence-electron chi connectivity index (χ4n) is 14.1. The van der Waals surface area contributed by atoms with Crippen molar-refractivity contribution in [2.24, 2.45) is 17.3 Å². The van der Waals surface area contributed by atoms with E-state index < -0.39 is 69.3 Å². The van der Waals surface area contributed by atoms with Crippen LogP contribution in [-0.4, -0.2) is 121 Å². The molecule has 2 spiro atoms. The predicted octanol–water partition coefficient (Wildman–Crippen LogP) is 5.22. The molecule has 2 saturated carbocycles. The molecular formula is C46H54F2N4O8. The van der Waals surface area contributed by atoms with Gasteiger partial charge in [-0.3, -0.25) is 19.4 Å². The van der Waals surface area contributed by atoms with Gasteiger partial charge in [-0.05, 0) is 74.8 Å². The number of likely N-dealkylation sites (N-methyl/N-ethyl adjacent to an activating group) is 1. The number of hydrogen-bond acceptors (Lipinski definition) is 11. The Labute approximate surface area is 348 Å². The van der Waals surface area contributed by atoms with Crippen LogP contribution in [0.25, 0.3) is 10.9 Å². The highest BCUT2D eigenvalue weighted by Gasteiger charge is 2.80. The number of alkyl halides is 2. The van der Waals surface area contributed by atoms with Crippen molar-refractivity contribution in [3.05, 3.63) is 70.9 Å². The number of benzene rings is 2. The van der Waals surface area contributed by atoms with Crippen LogP contribution in [0.4, 0.5) is 14.5 Å². The highest BCUT2D eigenvalue weighted by atomic mass is 19.3. The maximum Gasteiger partial charge on any atom is 0.344 e. The largest absolute Gasteiger partial charge is 0.496 e. The highest BCUT2D eigenvalue weighted by Crippen LogP contribution is 2.70. The summed E-state index contributed by atoms with van der Waals surface area (Å²) in [4.78, 5) is 52.8. The number of aliphatic hydroxyl groups is 1. The average molecular weight is 829 g/mol. The van der Waals surface area contributed by atoms with E-state index in [9.17, 15) is 14.7 Å². The van der Waals surface area contributed by atoms with Gasteiger partial charge in [-0.15, -0.1) is 0 Å². The van der Waals surface area contributed by atoms with Gasteiger partial charge in [0.1, 0.15) is 11.2 Å². The maximum atomic E-state index is 15.3. The predicted molar refractivity (Wildman–Crippen MR) is 217 cm³/mol. The molecule has 0 bridgehead atoms. The second-order valence-electron chi connectivity index (χ2n) is 18.8. The highest BCUT2D eigenvalue weighted by molar-refractivity contribution is 5.95. The van der Waals surface area contributed by atoms with Crippen molar-refractivity contribution in [3.63, 3.8) is 0 Å². The number of aromatic amines is 1.